The fourth-order valence-corrected chi connectivity index (χ4v) is 4.18. The molecule has 1 aromatic carbocycles. The van der Waals surface area contributed by atoms with Gasteiger partial charge >= 0.3 is 0 Å². The average molecular weight is 398 g/mol. The van der Waals surface area contributed by atoms with E-state index < -0.39 is 0 Å². The summed E-state index contributed by atoms with van der Waals surface area (Å²) in [6.07, 6.45) is 1.68. The highest BCUT2D eigenvalue weighted by molar-refractivity contribution is 7.98. The molecule has 2 heterocycles. The average Bonchev–Trinajstić information content (AvgIpc) is 2.62. The quantitative estimate of drug-likeness (QED) is 0.441. The van der Waals surface area contributed by atoms with E-state index in [-0.39, 0.29) is 11.4 Å². The van der Waals surface area contributed by atoms with Crippen LogP contribution in [0.4, 0.5) is 4.39 Å². The second kappa shape index (κ2) is 8.99. The Morgan fingerprint density at radius 3 is 3.08 bits per heavy atom. The van der Waals surface area contributed by atoms with Crippen molar-refractivity contribution in [3.05, 3.63) is 56.2 Å². The largest absolute Gasteiger partial charge is 0.385 e. The van der Waals surface area contributed by atoms with E-state index in [2.05, 4.69) is 14.9 Å². The lowest BCUT2D eigenvalue weighted by Gasteiger charge is -2.27. The number of thioether (sulfide) groups is 1. The number of rotatable bonds is 7. The van der Waals surface area contributed by atoms with Gasteiger partial charge in [-0.05, 0) is 18.6 Å². The molecule has 26 heavy (non-hydrogen) atoms. The number of aromatic amines is 1. The smallest absolute Gasteiger partial charge is 0.256 e. The Hall–Kier alpha value is -1.41. The Kier molecular flexibility index (Phi) is 6.69. The fourth-order valence-electron chi connectivity index (χ4n) is 2.96. The summed E-state index contributed by atoms with van der Waals surface area (Å²) < 4.78 is 18.9. The van der Waals surface area contributed by atoms with Gasteiger partial charge in [0.25, 0.3) is 5.56 Å². The number of benzene rings is 1. The number of hydrogen-bond acceptors (Lipinski definition) is 5. The number of hydrogen-bond donors (Lipinski definition) is 1. The first-order valence-electron chi connectivity index (χ1n) is 8.47. The van der Waals surface area contributed by atoms with Gasteiger partial charge in [-0.1, -0.05) is 29.4 Å². The molecule has 0 spiro atoms. The summed E-state index contributed by atoms with van der Waals surface area (Å²) in [5.41, 5.74) is 1.86. The summed E-state index contributed by atoms with van der Waals surface area (Å²) in [6.45, 7) is 3.09. The van der Waals surface area contributed by atoms with Crippen molar-refractivity contribution in [2.24, 2.45) is 0 Å². The van der Waals surface area contributed by atoms with Gasteiger partial charge in [0.05, 0.1) is 11.3 Å². The van der Waals surface area contributed by atoms with Gasteiger partial charge in [-0.2, -0.15) is 0 Å². The third-order valence-electron chi connectivity index (χ3n) is 4.36. The Bertz CT molecular complexity index is 810. The third-order valence-corrected chi connectivity index (χ3v) is 5.62. The van der Waals surface area contributed by atoms with Gasteiger partial charge in [0.2, 0.25) is 0 Å². The van der Waals surface area contributed by atoms with E-state index in [0.717, 1.165) is 37.2 Å². The first kappa shape index (κ1) is 19.4. The molecule has 0 saturated heterocycles. The number of H-pyrrole nitrogens is 1. The van der Waals surface area contributed by atoms with Gasteiger partial charge in [-0.25, -0.2) is 9.37 Å². The van der Waals surface area contributed by atoms with Crippen molar-refractivity contribution >= 4 is 23.4 Å². The first-order valence-corrected chi connectivity index (χ1v) is 9.84. The molecule has 2 aromatic rings. The van der Waals surface area contributed by atoms with Crippen LogP contribution >= 0.6 is 23.4 Å². The van der Waals surface area contributed by atoms with E-state index >= 15 is 0 Å². The number of fused-ring (bicyclic) bond motifs is 1. The molecule has 0 amide bonds. The minimum atomic E-state index is -0.350. The number of halogens is 2. The zero-order valence-corrected chi connectivity index (χ0v) is 16.1. The Balaban J connectivity index is 1.69. The summed E-state index contributed by atoms with van der Waals surface area (Å²) in [5.74, 6) is -0.0341. The van der Waals surface area contributed by atoms with Crippen molar-refractivity contribution in [2.45, 2.75) is 30.3 Å². The molecule has 0 bridgehead atoms. The predicted molar refractivity (Wildman–Crippen MR) is 101 cm³/mol. The highest BCUT2D eigenvalue weighted by atomic mass is 35.5. The van der Waals surface area contributed by atoms with Gasteiger partial charge in [0.1, 0.15) is 5.82 Å². The Morgan fingerprint density at radius 2 is 2.31 bits per heavy atom. The summed E-state index contributed by atoms with van der Waals surface area (Å²) in [5, 5.41) is 0.880. The van der Waals surface area contributed by atoms with Crippen LogP contribution in [-0.4, -0.2) is 41.7 Å². The zero-order valence-electron chi connectivity index (χ0n) is 14.6. The van der Waals surface area contributed by atoms with Gasteiger partial charge < -0.3 is 9.72 Å². The molecule has 8 heteroatoms. The summed E-state index contributed by atoms with van der Waals surface area (Å²) in [6, 6.07) is 4.61. The molecule has 3 rings (SSSR count). The van der Waals surface area contributed by atoms with Gasteiger partial charge in [-0.15, -0.1) is 0 Å². The van der Waals surface area contributed by atoms with E-state index in [4.69, 9.17) is 16.3 Å². The molecule has 1 aliphatic heterocycles. The highest BCUT2D eigenvalue weighted by Crippen LogP contribution is 2.27. The first-order chi connectivity index (χ1) is 12.6. The second-order valence-electron chi connectivity index (χ2n) is 6.16. The molecule has 0 atom stereocenters. The SMILES string of the molecule is COCCCN1CCc2nc(SCc3c(F)cccc3Cl)[nH]c(=O)c2C1. The van der Waals surface area contributed by atoms with Crippen LogP contribution in [0.2, 0.25) is 5.02 Å². The van der Waals surface area contributed by atoms with E-state index in [1.54, 1.807) is 19.2 Å². The monoisotopic (exact) mass is 397 g/mol. The molecule has 1 N–H and O–H groups in total. The molecule has 140 valence electrons. The molecule has 0 aliphatic carbocycles. The summed E-state index contributed by atoms with van der Waals surface area (Å²) in [7, 11) is 1.69. The van der Waals surface area contributed by atoms with Gasteiger partial charge in [0, 0.05) is 56.1 Å². The lowest BCUT2D eigenvalue weighted by Crippen LogP contribution is -2.36. The maximum absolute atomic E-state index is 13.9. The topological polar surface area (TPSA) is 58.2 Å². The molecule has 0 saturated carbocycles. The van der Waals surface area contributed by atoms with Gasteiger partial charge in [0.15, 0.2) is 5.16 Å². The molecule has 5 nitrogen and oxygen atoms in total. The van der Waals surface area contributed by atoms with E-state index in [9.17, 15) is 9.18 Å². The third kappa shape index (κ3) is 4.65. The van der Waals surface area contributed by atoms with Crippen LogP contribution in [0.1, 0.15) is 23.2 Å². The minimum absolute atomic E-state index is 0.117. The number of methoxy groups -OCH3 is 1. The van der Waals surface area contributed by atoms with Crippen molar-refractivity contribution in [1.82, 2.24) is 14.9 Å². The number of nitrogens with zero attached hydrogens (tertiary/aromatic N) is 2. The second-order valence-corrected chi connectivity index (χ2v) is 7.53. The number of ether oxygens (including phenoxy) is 1. The van der Waals surface area contributed by atoms with Crippen molar-refractivity contribution in [2.75, 3.05) is 26.8 Å². The maximum atomic E-state index is 13.9. The Morgan fingerprint density at radius 1 is 1.46 bits per heavy atom. The summed E-state index contributed by atoms with van der Waals surface area (Å²) >= 11 is 7.34. The van der Waals surface area contributed by atoms with Crippen molar-refractivity contribution in [3.63, 3.8) is 0 Å². The molecule has 0 fully saturated rings. The molecule has 0 radical (unpaired) electrons. The molecular weight excluding hydrogens is 377 g/mol. The predicted octanol–water partition coefficient (Wildman–Crippen LogP) is 3.25. The van der Waals surface area contributed by atoms with Crippen LogP contribution in [0.25, 0.3) is 0 Å². The summed E-state index contributed by atoms with van der Waals surface area (Å²) in [4.78, 5) is 22.1. The normalized spacial score (nSPS) is 14.4. The van der Waals surface area contributed by atoms with Crippen LogP contribution in [0.3, 0.4) is 0 Å². The zero-order chi connectivity index (χ0) is 18.5. The van der Waals surface area contributed by atoms with Crippen molar-refractivity contribution in [1.29, 1.82) is 0 Å². The molecule has 0 unspecified atom stereocenters. The number of aromatic nitrogens is 2. The van der Waals surface area contributed by atoms with Crippen molar-refractivity contribution < 1.29 is 9.13 Å². The standard InChI is InChI=1S/C18H21ClFN3O2S/c1-25-9-3-7-23-8-6-16-12(10-23)17(24)22-18(21-16)26-11-13-14(19)4-2-5-15(13)20/h2,4-5H,3,6-11H2,1H3,(H,21,22,24). The van der Waals surface area contributed by atoms with E-state index in [1.807, 2.05) is 0 Å². The van der Waals surface area contributed by atoms with Crippen LogP contribution in [0.5, 0.6) is 0 Å². The molecule has 1 aliphatic rings. The lowest BCUT2D eigenvalue weighted by atomic mass is 10.1. The van der Waals surface area contributed by atoms with E-state index in [1.165, 1.54) is 17.8 Å². The van der Waals surface area contributed by atoms with Crippen LogP contribution in [0, 0.1) is 5.82 Å². The lowest BCUT2D eigenvalue weighted by molar-refractivity contribution is 0.166. The van der Waals surface area contributed by atoms with E-state index in [0.29, 0.717) is 34.6 Å². The molecular formula is C18H21ClFN3O2S. The van der Waals surface area contributed by atoms with Crippen molar-refractivity contribution in [3.8, 4) is 0 Å². The molecule has 1 aromatic heterocycles. The van der Waals surface area contributed by atoms with Crippen LogP contribution in [0.15, 0.2) is 28.2 Å². The Labute approximate surface area is 160 Å². The van der Waals surface area contributed by atoms with Crippen LogP contribution < -0.4 is 5.56 Å². The highest BCUT2D eigenvalue weighted by Gasteiger charge is 2.21. The minimum Gasteiger partial charge on any atom is -0.385 e. The van der Waals surface area contributed by atoms with Gasteiger partial charge in [-0.3, -0.25) is 9.69 Å². The number of nitrogens with one attached hydrogen (secondary N) is 1. The van der Waals surface area contributed by atoms with Crippen LogP contribution in [-0.2, 0) is 23.5 Å². The fraction of sp³-hybridized carbons (Fsp3) is 0.444. The maximum Gasteiger partial charge on any atom is 0.256 e.